The van der Waals surface area contributed by atoms with Crippen molar-refractivity contribution in [2.45, 2.75) is 27.7 Å². The second-order valence-electron chi connectivity index (χ2n) is 7.47. The first-order valence-electron chi connectivity index (χ1n) is 10.0. The number of benzene rings is 2. The number of thioether (sulfide) groups is 1. The van der Waals surface area contributed by atoms with Crippen LogP contribution in [0, 0.1) is 20.8 Å². The van der Waals surface area contributed by atoms with Gasteiger partial charge in [-0.1, -0.05) is 30.3 Å². The highest BCUT2D eigenvalue weighted by Crippen LogP contribution is 2.35. The molecule has 4 rings (SSSR count). The lowest BCUT2D eigenvalue weighted by Gasteiger charge is -2.22. The molecule has 162 valence electrons. The predicted octanol–water partition coefficient (Wildman–Crippen LogP) is 5.64. The lowest BCUT2D eigenvalue weighted by molar-refractivity contribution is -0.116. The largest absolute Gasteiger partial charge is 0.300 e. The first-order valence-corrected chi connectivity index (χ1v) is 11.7. The first-order chi connectivity index (χ1) is 15.3. The number of aliphatic imine (C=N–C) groups is 1. The summed E-state index contributed by atoms with van der Waals surface area (Å²) in [7, 11) is 0. The Balaban J connectivity index is 1.61. The van der Waals surface area contributed by atoms with Crippen molar-refractivity contribution in [1.82, 2.24) is 10.3 Å². The van der Waals surface area contributed by atoms with E-state index in [0.717, 1.165) is 28.1 Å². The molecule has 2 heterocycles. The summed E-state index contributed by atoms with van der Waals surface area (Å²) in [4.78, 5) is 36.2. The molecule has 32 heavy (non-hydrogen) atoms. The molecule has 1 saturated heterocycles. The van der Waals surface area contributed by atoms with E-state index in [2.05, 4.69) is 15.3 Å². The number of rotatable bonds is 4. The highest BCUT2D eigenvalue weighted by atomic mass is 32.2. The quantitative estimate of drug-likeness (QED) is 0.509. The number of carbonyl (C=O) groups is 2. The maximum absolute atomic E-state index is 12.5. The summed E-state index contributed by atoms with van der Waals surface area (Å²) in [5.74, 6) is -0.328. The van der Waals surface area contributed by atoms with Gasteiger partial charge in [-0.15, -0.1) is 11.3 Å². The zero-order chi connectivity index (χ0) is 22.8. The zero-order valence-electron chi connectivity index (χ0n) is 18.2. The summed E-state index contributed by atoms with van der Waals surface area (Å²) >= 11 is 2.64. The van der Waals surface area contributed by atoms with E-state index < -0.39 is 0 Å². The van der Waals surface area contributed by atoms with Crippen LogP contribution in [0.3, 0.4) is 0 Å². The molecule has 1 N–H and O–H groups in total. The number of hydrogen-bond acceptors (Lipinski definition) is 6. The molecule has 8 heteroatoms. The average Bonchev–Trinajstić information content (AvgIpc) is 3.31. The molecule has 2 amide bonds. The van der Waals surface area contributed by atoms with Crippen LogP contribution < -0.4 is 10.2 Å². The molecule has 2 aromatic carbocycles. The van der Waals surface area contributed by atoms with Crippen LogP contribution in [0.1, 0.15) is 29.3 Å². The van der Waals surface area contributed by atoms with Gasteiger partial charge in [0.2, 0.25) is 5.91 Å². The summed E-state index contributed by atoms with van der Waals surface area (Å²) in [6, 6.07) is 13.7. The first kappa shape index (κ1) is 22.0. The van der Waals surface area contributed by atoms with Gasteiger partial charge < -0.3 is 5.32 Å². The standard InChI is InChI=1S/C24H22N4O2S2/c1-14-7-5-10-18(11-14)25-23-27-22(30)20(32-23)12-19-13-31-24(26-19)28(17(4)29)21-15(2)8-6-9-16(21)3/h5-13H,1-4H3,(H,25,27,30)/b20-12+. The van der Waals surface area contributed by atoms with Crippen LogP contribution in [-0.2, 0) is 9.59 Å². The Kier molecular flexibility index (Phi) is 6.25. The van der Waals surface area contributed by atoms with Crippen molar-refractivity contribution in [3.8, 4) is 0 Å². The third-order valence-corrected chi connectivity index (χ3v) is 6.60. The highest BCUT2D eigenvalue weighted by Gasteiger charge is 2.25. The van der Waals surface area contributed by atoms with Crippen molar-refractivity contribution in [2.75, 3.05) is 4.90 Å². The molecule has 0 radical (unpaired) electrons. The zero-order valence-corrected chi connectivity index (χ0v) is 19.8. The van der Waals surface area contributed by atoms with Crippen molar-refractivity contribution in [1.29, 1.82) is 0 Å². The monoisotopic (exact) mass is 462 g/mol. The molecule has 1 aromatic heterocycles. The number of nitrogens with zero attached hydrogens (tertiary/aromatic N) is 3. The molecule has 0 saturated carbocycles. The number of thiazole rings is 1. The lowest BCUT2D eigenvalue weighted by Crippen LogP contribution is -2.24. The van der Waals surface area contributed by atoms with E-state index >= 15 is 0 Å². The Morgan fingerprint density at radius 3 is 2.53 bits per heavy atom. The number of aryl methyl sites for hydroxylation is 3. The fourth-order valence-electron chi connectivity index (χ4n) is 3.42. The summed E-state index contributed by atoms with van der Waals surface area (Å²) in [5, 5.41) is 5.74. The van der Waals surface area contributed by atoms with Gasteiger partial charge in [0, 0.05) is 12.3 Å². The van der Waals surface area contributed by atoms with Crippen LogP contribution >= 0.6 is 23.1 Å². The number of aromatic nitrogens is 1. The van der Waals surface area contributed by atoms with Gasteiger partial charge in [-0.3, -0.25) is 14.5 Å². The molecular formula is C24H22N4O2S2. The van der Waals surface area contributed by atoms with Crippen molar-refractivity contribution >= 4 is 62.7 Å². The Bertz CT molecular complexity index is 1260. The van der Waals surface area contributed by atoms with Gasteiger partial charge in [-0.05, 0) is 67.4 Å². The van der Waals surface area contributed by atoms with Crippen molar-refractivity contribution in [2.24, 2.45) is 4.99 Å². The summed E-state index contributed by atoms with van der Waals surface area (Å²) in [6.07, 6.45) is 1.72. The van der Waals surface area contributed by atoms with E-state index in [0.29, 0.717) is 20.9 Å². The smallest absolute Gasteiger partial charge is 0.264 e. The van der Waals surface area contributed by atoms with Gasteiger partial charge in [-0.25, -0.2) is 9.98 Å². The maximum Gasteiger partial charge on any atom is 0.264 e. The van der Waals surface area contributed by atoms with Crippen LogP contribution in [0.4, 0.5) is 16.5 Å². The predicted molar refractivity (Wildman–Crippen MR) is 133 cm³/mol. The number of amides is 2. The second-order valence-corrected chi connectivity index (χ2v) is 9.34. The Morgan fingerprint density at radius 2 is 1.84 bits per heavy atom. The van der Waals surface area contributed by atoms with E-state index in [-0.39, 0.29) is 11.8 Å². The minimum Gasteiger partial charge on any atom is -0.300 e. The SMILES string of the molecule is CC(=O)N(c1nc(/C=C2/SC(=Nc3cccc(C)c3)NC2=O)cs1)c1c(C)cccc1C. The molecular weight excluding hydrogens is 440 g/mol. The molecule has 0 aliphatic carbocycles. The molecule has 1 fully saturated rings. The second kappa shape index (κ2) is 9.10. The topological polar surface area (TPSA) is 74.7 Å². The van der Waals surface area contributed by atoms with Crippen molar-refractivity contribution in [3.63, 3.8) is 0 Å². The Morgan fingerprint density at radius 1 is 1.12 bits per heavy atom. The van der Waals surface area contributed by atoms with Crippen LogP contribution in [0.25, 0.3) is 6.08 Å². The van der Waals surface area contributed by atoms with Gasteiger partial charge >= 0.3 is 0 Å². The van der Waals surface area contributed by atoms with E-state index in [1.54, 1.807) is 11.0 Å². The third kappa shape index (κ3) is 4.66. The maximum atomic E-state index is 12.5. The van der Waals surface area contributed by atoms with Crippen LogP contribution in [0.15, 0.2) is 57.7 Å². The highest BCUT2D eigenvalue weighted by molar-refractivity contribution is 8.18. The molecule has 0 unspecified atom stereocenters. The van der Waals surface area contributed by atoms with Gasteiger partial charge in [0.15, 0.2) is 10.3 Å². The molecule has 0 spiro atoms. The van der Waals surface area contributed by atoms with Gasteiger partial charge in [0.1, 0.15) is 0 Å². The minimum atomic E-state index is -0.214. The molecule has 1 aliphatic heterocycles. The Labute approximate surface area is 195 Å². The summed E-state index contributed by atoms with van der Waals surface area (Å²) in [5.41, 5.74) is 5.35. The summed E-state index contributed by atoms with van der Waals surface area (Å²) in [6.45, 7) is 7.48. The molecule has 0 atom stereocenters. The van der Waals surface area contributed by atoms with Crippen molar-refractivity contribution < 1.29 is 9.59 Å². The number of para-hydroxylation sites is 1. The third-order valence-electron chi connectivity index (χ3n) is 4.84. The fraction of sp³-hybridized carbons (Fsp3) is 0.167. The number of amidine groups is 1. The van der Waals surface area contributed by atoms with Crippen molar-refractivity contribution in [3.05, 3.63) is 75.1 Å². The number of carbonyl (C=O) groups excluding carboxylic acids is 2. The van der Waals surface area contributed by atoms with Gasteiger partial charge in [0.05, 0.1) is 22.0 Å². The minimum absolute atomic E-state index is 0.114. The normalized spacial score (nSPS) is 15.9. The number of nitrogens with one attached hydrogen (secondary N) is 1. The van der Waals surface area contributed by atoms with Gasteiger partial charge in [0.25, 0.3) is 5.91 Å². The van der Waals surface area contributed by atoms with Crippen LogP contribution in [0.2, 0.25) is 0 Å². The average molecular weight is 463 g/mol. The summed E-state index contributed by atoms with van der Waals surface area (Å²) < 4.78 is 0. The van der Waals surface area contributed by atoms with E-state index in [4.69, 9.17) is 0 Å². The molecule has 6 nitrogen and oxygen atoms in total. The van der Waals surface area contributed by atoms with E-state index in [9.17, 15) is 9.59 Å². The van der Waals surface area contributed by atoms with E-state index in [1.807, 2.05) is 68.6 Å². The fourth-order valence-corrected chi connectivity index (χ4v) is 5.08. The molecule has 1 aliphatic rings. The lowest BCUT2D eigenvalue weighted by atomic mass is 10.1. The van der Waals surface area contributed by atoms with E-state index in [1.165, 1.54) is 30.0 Å². The number of hydrogen-bond donors (Lipinski definition) is 1. The van der Waals surface area contributed by atoms with Gasteiger partial charge in [-0.2, -0.15) is 0 Å². The van der Waals surface area contributed by atoms with Crippen LogP contribution in [0.5, 0.6) is 0 Å². The number of anilines is 2. The molecule has 3 aromatic rings. The van der Waals surface area contributed by atoms with Crippen LogP contribution in [-0.4, -0.2) is 22.0 Å². The Hall–Kier alpha value is -3.23. The molecule has 0 bridgehead atoms.